The minimum atomic E-state index is 0.0599. The molecule has 1 aliphatic rings. The Labute approximate surface area is 169 Å². The lowest BCUT2D eigenvalue weighted by atomic mass is 9.96. The van der Waals surface area contributed by atoms with Gasteiger partial charge in [0.25, 0.3) is 0 Å². The van der Waals surface area contributed by atoms with Crippen LogP contribution in [0.3, 0.4) is 0 Å². The molecule has 0 unspecified atom stereocenters. The Balaban J connectivity index is 1.41. The first-order valence-electron chi connectivity index (χ1n) is 9.50. The van der Waals surface area contributed by atoms with Crippen LogP contribution in [0, 0.1) is 0 Å². The van der Waals surface area contributed by atoms with Gasteiger partial charge in [-0.05, 0) is 43.4 Å². The van der Waals surface area contributed by atoms with E-state index < -0.39 is 0 Å². The van der Waals surface area contributed by atoms with Crippen molar-refractivity contribution in [1.29, 1.82) is 0 Å². The molecule has 6 heteroatoms. The van der Waals surface area contributed by atoms with Crippen molar-refractivity contribution in [3.63, 3.8) is 0 Å². The number of halogens is 1. The van der Waals surface area contributed by atoms with Crippen molar-refractivity contribution in [1.82, 2.24) is 15.2 Å². The third-order valence-electron chi connectivity index (χ3n) is 5.13. The first-order valence-corrected chi connectivity index (χ1v) is 10.3. The zero-order chi connectivity index (χ0) is 19.1. The minimum absolute atomic E-state index is 0.0599. The van der Waals surface area contributed by atoms with Gasteiger partial charge in [0.2, 0.25) is 5.56 Å². The lowest BCUT2D eigenvalue weighted by Gasteiger charge is -2.20. The lowest BCUT2D eigenvalue weighted by molar-refractivity contribution is 0.582. The van der Waals surface area contributed by atoms with Crippen LogP contribution in [0.2, 0.25) is 0 Å². The number of aryl methyl sites for hydroxylation is 1. The molecule has 1 saturated carbocycles. The van der Waals surface area contributed by atoms with Crippen LogP contribution in [0.15, 0.2) is 62.9 Å². The Kier molecular flexibility index (Phi) is 6.72. The van der Waals surface area contributed by atoms with Gasteiger partial charge in [0.05, 0.1) is 0 Å². The number of benzene rings is 1. The molecule has 27 heavy (non-hydrogen) atoms. The van der Waals surface area contributed by atoms with Crippen LogP contribution in [0.5, 0.6) is 0 Å². The molecule has 1 aromatic heterocycles. The van der Waals surface area contributed by atoms with Gasteiger partial charge in [-0.25, -0.2) is 0 Å². The van der Waals surface area contributed by atoms with Gasteiger partial charge in [-0.2, -0.15) is 0 Å². The fourth-order valence-corrected chi connectivity index (χ4v) is 4.02. The highest BCUT2D eigenvalue weighted by Gasteiger charge is 2.45. The van der Waals surface area contributed by atoms with Gasteiger partial charge >= 0.3 is 0 Å². The number of pyridine rings is 1. The maximum atomic E-state index is 11.7. The average Bonchev–Trinajstić information content (AvgIpc) is 3.46. The van der Waals surface area contributed by atoms with Gasteiger partial charge in [-0.1, -0.05) is 40.2 Å². The van der Waals surface area contributed by atoms with E-state index in [-0.39, 0.29) is 11.0 Å². The van der Waals surface area contributed by atoms with Crippen LogP contribution in [0.25, 0.3) is 0 Å². The summed E-state index contributed by atoms with van der Waals surface area (Å²) < 4.78 is 2.94. The van der Waals surface area contributed by atoms with Crippen LogP contribution in [-0.4, -0.2) is 30.7 Å². The molecule has 0 radical (unpaired) electrons. The Morgan fingerprint density at radius 1 is 1.15 bits per heavy atom. The molecule has 144 valence electrons. The first-order chi connectivity index (χ1) is 13.1. The van der Waals surface area contributed by atoms with E-state index in [1.807, 2.05) is 12.3 Å². The molecule has 2 aromatic rings. The molecule has 1 aliphatic carbocycles. The highest BCUT2D eigenvalue weighted by molar-refractivity contribution is 9.10. The summed E-state index contributed by atoms with van der Waals surface area (Å²) in [5.74, 6) is 0.838. The molecule has 0 amide bonds. The van der Waals surface area contributed by atoms with Crippen LogP contribution >= 0.6 is 15.9 Å². The standard InChI is InChI=1S/C21H27BrN4O/c1-23-20(24-13-5-7-15-26-14-6-4-10-19(26)27)25-16-21(11-12-21)17-8-2-3-9-18(17)22/h2-4,6,8-10,14H,5,7,11-13,15-16H2,1H3,(H2,23,24,25). The first kappa shape index (κ1) is 19.7. The van der Waals surface area contributed by atoms with Crippen molar-refractivity contribution < 1.29 is 0 Å². The summed E-state index contributed by atoms with van der Waals surface area (Å²) in [6, 6.07) is 13.7. The number of guanidine groups is 1. The third kappa shape index (κ3) is 5.22. The zero-order valence-electron chi connectivity index (χ0n) is 15.7. The molecule has 3 rings (SSSR count). The molecule has 0 atom stereocenters. The predicted molar refractivity (Wildman–Crippen MR) is 114 cm³/mol. The number of unbranched alkanes of at least 4 members (excludes halogenated alkanes) is 1. The second-order valence-corrected chi connectivity index (χ2v) is 7.91. The molecule has 0 aliphatic heterocycles. The van der Waals surface area contributed by atoms with E-state index in [0.717, 1.165) is 38.4 Å². The predicted octanol–water partition coefficient (Wildman–Crippen LogP) is 3.29. The van der Waals surface area contributed by atoms with Gasteiger partial charge in [0.15, 0.2) is 5.96 Å². The Morgan fingerprint density at radius 3 is 2.63 bits per heavy atom. The molecule has 0 saturated heterocycles. The van der Waals surface area contributed by atoms with Crippen molar-refractivity contribution in [3.05, 3.63) is 69.1 Å². The third-order valence-corrected chi connectivity index (χ3v) is 5.83. The van der Waals surface area contributed by atoms with Crippen LogP contribution < -0.4 is 16.2 Å². The van der Waals surface area contributed by atoms with Crippen molar-refractivity contribution in [2.75, 3.05) is 20.1 Å². The molecule has 2 N–H and O–H groups in total. The number of aromatic nitrogens is 1. The van der Waals surface area contributed by atoms with E-state index in [0.29, 0.717) is 0 Å². The highest BCUT2D eigenvalue weighted by atomic mass is 79.9. The molecule has 0 spiro atoms. The van der Waals surface area contributed by atoms with Crippen molar-refractivity contribution in [2.45, 2.75) is 37.6 Å². The quantitative estimate of drug-likeness (QED) is 0.383. The summed E-state index contributed by atoms with van der Waals surface area (Å²) in [5.41, 5.74) is 1.65. The lowest BCUT2D eigenvalue weighted by Crippen LogP contribution is -2.41. The molecule has 0 bridgehead atoms. The molecule has 1 aromatic carbocycles. The number of nitrogens with one attached hydrogen (secondary N) is 2. The van der Waals surface area contributed by atoms with E-state index >= 15 is 0 Å². The number of aliphatic imine (C=N–C) groups is 1. The monoisotopic (exact) mass is 430 g/mol. The fraction of sp³-hybridized carbons (Fsp3) is 0.429. The fourth-order valence-electron chi connectivity index (χ4n) is 3.32. The van der Waals surface area contributed by atoms with E-state index in [4.69, 9.17) is 0 Å². The van der Waals surface area contributed by atoms with Gasteiger partial charge in [0.1, 0.15) is 0 Å². The number of hydrogen-bond acceptors (Lipinski definition) is 2. The van der Waals surface area contributed by atoms with E-state index in [1.165, 1.54) is 22.9 Å². The highest BCUT2D eigenvalue weighted by Crippen LogP contribution is 2.49. The molecular formula is C21H27BrN4O. The summed E-state index contributed by atoms with van der Waals surface area (Å²) in [6.07, 6.45) is 6.18. The summed E-state index contributed by atoms with van der Waals surface area (Å²) in [7, 11) is 1.80. The maximum Gasteiger partial charge on any atom is 0.250 e. The molecule has 1 heterocycles. The SMILES string of the molecule is CN=C(NCCCCn1ccccc1=O)NCC1(c2ccccc2Br)CC1. The van der Waals surface area contributed by atoms with E-state index in [2.05, 4.69) is 55.8 Å². The topological polar surface area (TPSA) is 58.4 Å². The van der Waals surface area contributed by atoms with E-state index in [9.17, 15) is 4.79 Å². The molecular weight excluding hydrogens is 404 g/mol. The van der Waals surface area contributed by atoms with Crippen LogP contribution in [0.1, 0.15) is 31.2 Å². The van der Waals surface area contributed by atoms with Gasteiger partial charge in [-0.3, -0.25) is 9.79 Å². The van der Waals surface area contributed by atoms with Crippen molar-refractivity contribution >= 4 is 21.9 Å². The second-order valence-electron chi connectivity index (χ2n) is 7.05. The zero-order valence-corrected chi connectivity index (χ0v) is 17.3. The normalized spacial score (nSPS) is 15.4. The maximum absolute atomic E-state index is 11.7. The Morgan fingerprint density at radius 2 is 1.93 bits per heavy atom. The van der Waals surface area contributed by atoms with E-state index in [1.54, 1.807) is 23.7 Å². The van der Waals surface area contributed by atoms with Crippen LogP contribution in [0.4, 0.5) is 0 Å². The Hall–Kier alpha value is -2.08. The summed E-state index contributed by atoms with van der Waals surface area (Å²) in [4.78, 5) is 16.0. The number of hydrogen-bond donors (Lipinski definition) is 2. The largest absolute Gasteiger partial charge is 0.356 e. The Bertz CT molecular complexity index is 842. The van der Waals surface area contributed by atoms with Gasteiger partial charge in [-0.15, -0.1) is 0 Å². The molecule has 1 fully saturated rings. The van der Waals surface area contributed by atoms with Crippen molar-refractivity contribution in [3.8, 4) is 0 Å². The van der Waals surface area contributed by atoms with Gasteiger partial charge < -0.3 is 15.2 Å². The minimum Gasteiger partial charge on any atom is -0.356 e. The average molecular weight is 431 g/mol. The summed E-state index contributed by atoms with van der Waals surface area (Å²) in [6.45, 7) is 2.47. The second kappa shape index (κ2) is 9.22. The summed E-state index contributed by atoms with van der Waals surface area (Å²) in [5, 5.41) is 6.85. The van der Waals surface area contributed by atoms with Crippen LogP contribution in [-0.2, 0) is 12.0 Å². The van der Waals surface area contributed by atoms with Gasteiger partial charge in [0, 0.05) is 48.8 Å². The summed E-state index contributed by atoms with van der Waals surface area (Å²) >= 11 is 3.68. The van der Waals surface area contributed by atoms with Crippen molar-refractivity contribution in [2.24, 2.45) is 4.99 Å². The number of rotatable bonds is 8. The number of nitrogens with zero attached hydrogens (tertiary/aromatic N) is 2. The molecule has 5 nitrogen and oxygen atoms in total. The smallest absolute Gasteiger partial charge is 0.250 e.